The van der Waals surface area contributed by atoms with E-state index in [0.29, 0.717) is 12.1 Å². The number of piperidine rings is 1. The molecule has 0 aromatic rings. The van der Waals surface area contributed by atoms with Gasteiger partial charge in [0.2, 0.25) is 0 Å². The number of rotatable bonds is 5. The van der Waals surface area contributed by atoms with Crippen molar-refractivity contribution in [2.24, 2.45) is 0 Å². The number of hydrogen-bond acceptors (Lipinski definition) is 3. The second-order valence-corrected chi connectivity index (χ2v) is 5.78. The lowest BCUT2D eigenvalue weighted by atomic mass is 10.0. The molecule has 2 aliphatic rings. The van der Waals surface area contributed by atoms with E-state index in [1.165, 1.54) is 45.2 Å². The number of hydrogen-bond donors (Lipinski definition) is 1. The molecule has 3 nitrogen and oxygen atoms in total. The zero-order valence-electron chi connectivity index (χ0n) is 11.5. The van der Waals surface area contributed by atoms with Crippen molar-refractivity contribution in [2.45, 2.75) is 64.1 Å². The molecule has 1 unspecified atom stereocenters. The van der Waals surface area contributed by atoms with Gasteiger partial charge in [0.1, 0.15) is 0 Å². The molecule has 2 aliphatic heterocycles. The molecule has 1 N–H and O–H groups in total. The Morgan fingerprint density at radius 3 is 2.59 bits per heavy atom. The molecule has 17 heavy (non-hydrogen) atoms. The third-order valence-electron chi connectivity index (χ3n) is 4.18. The molecule has 3 heteroatoms. The van der Waals surface area contributed by atoms with Gasteiger partial charge in [-0.05, 0) is 65.6 Å². The summed E-state index contributed by atoms with van der Waals surface area (Å²) in [6.45, 7) is 9.23. The van der Waals surface area contributed by atoms with Crippen LogP contribution in [0, 0.1) is 0 Å². The molecule has 0 aromatic carbocycles. The Balaban J connectivity index is 1.55. The molecular weight excluding hydrogens is 212 g/mol. The minimum atomic E-state index is 0.540. The first-order valence-electron chi connectivity index (χ1n) is 7.34. The summed E-state index contributed by atoms with van der Waals surface area (Å²) in [7, 11) is 0. The summed E-state index contributed by atoms with van der Waals surface area (Å²) in [5, 5.41) is 3.70. The highest BCUT2D eigenvalue weighted by Gasteiger charge is 2.21. The van der Waals surface area contributed by atoms with Gasteiger partial charge in [0.15, 0.2) is 0 Å². The van der Waals surface area contributed by atoms with Crippen LogP contribution in [-0.2, 0) is 4.74 Å². The zero-order chi connectivity index (χ0) is 12.1. The normalized spacial score (nSPS) is 28.1. The average Bonchev–Trinajstić information content (AvgIpc) is 2.83. The van der Waals surface area contributed by atoms with Crippen molar-refractivity contribution in [3.63, 3.8) is 0 Å². The summed E-state index contributed by atoms with van der Waals surface area (Å²) >= 11 is 0. The molecule has 2 heterocycles. The zero-order valence-corrected chi connectivity index (χ0v) is 11.5. The molecule has 0 bridgehead atoms. The van der Waals surface area contributed by atoms with Gasteiger partial charge in [-0.25, -0.2) is 0 Å². The average molecular weight is 240 g/mol. The summed E-state index contributed by atoms with van der Waals surface area (Å²) in [4.78, 5) is 2.58. The first-order chi connectivity index (χ1) is 8.25. The maximum Gasteiger partial charge on any atom is 0.0588 e. The van der Waals surface area contributed by atoms with Crippen LogP contribution in [0.4, 0.5) is 0 Å². The topological polar surface area (TPSA) is 24.5 Å². The predicted octanol–water partition coefficient (Wildman–Crippen LogP) is 2.02. The van der Waals surface area contributed by atoms with Gasteiger partial charge in [-0.3, -0.25) is 0 Å². The van der Waals surface area contributed by atoms with E-state index in [2.05, 4.69) is 24.1 Å². The van der Waals surface area contributed by atoms with Gasteiger partial charge in [0.05, 0.1) is 6.10 Å². The maximum absolute atomic E-state index is 5.64. The highest BCUT2D eigenvalue weighted by atomic mass is 16.5. The second-order valence-electron chi connectivity index (χ2n) is 5.78. The lowest BCUT2D eigenvalue weighted by Crippen LogP contribution is -2.45. The Bertz CT molecular complexity index is 206. The first-order valence-corrected chi connectivity index (χ1v) is 7.34. The quantitative estimate of drug-likeness (QED) is 0.795. The van der Waals surface area contributed by atoms with Gasteiger partial charge in [0, 0.05) is 18.7 Å². The molecule has 0 saturated carbocycles. The molecule has 0 aromatic heterocycles. The molecule has 0 amide bonds. The van der Waals surface area contributed by atoms with Crippen molar-refractivity contribution in [1.82, 2.24) is 10.2 Å². The van der Waals surface area contributed by atoms with Gasteiger partial charge in [-0.15, -0.1) is 0 Å². The second kappa shape index (κ2) is 6.72. The number of nitrogens with zero attached hydrogens (tertiary/aromatic N) is 1. The van der Waals surface area contributed by atoms with Crippen LogP contribution in [0.25, 0.3) is 0 Å². The third kappa shape index (κ3) is 4.23. The van der Waals surface area contributed by atoms with Gasteiger partial charge in [0.25, 0.3) is 0 Å². The first kappa shape index (κ1) is 13.3. The van der Waals surface area contributed by atoms with Crippen LogP contribution >= 0.6 is 0 Å². The van der Waals surface area contributed by atoms with Crippen molar-refractivity contribution in [3.8, 4) is 0 Å². The fraction of sp³-hybridized carbons (Fsp3) is 1.00. The summed E-state index contributed by atoms with van der Waals surface area (Å²) in [5.74, 6) is 0. The van der Waals surface area contributed by atoms with Gasteiger partial charge >= 0.3 is 0 Å². The fourth-order valence-electron chi connectivity index (χ4n) is 2.94. The van der Waals surface area contributed by atoms with E-state index in [1.54, 1.807) is 0 Å². The standard InChI is InChI=1S/C14H28N2O/c1-12(2)16-9-6-13(7-10-16)15-8-5-14-4-3-11-17-14/h12-15H,3-11H2,1-2H3. The van der Waals surface area contributed by atoms with Gasteiger partial charge < -0.3 is 15.0 Å². The van der Waals surface area contributed by atoms with Crippen LogP contribution in [-0.4, -0.2) is 49.3 Å². The third-order valence-corrected chi connectivity index (χ3v) is 4.18. The maximum atomic E-state index is 5.64. The number of ether oxygens (including phenoxy) is 1. The Labute approximate surface area is 106 Å². The van der Waals surface area contributed by atoms with Crippen LogP contribution in [0.3, 0.4) is 0 Å². The van der Waals surface area contributed by atoms with E-state index in [1.807, 2.05) is 0 Å². The lowest BCUT2D eigenvalue weighted by molar-refractivity contribution is 0.101. The summed E-state index contributed by atoms with van der Waals surface area (Å²) in [6, 6.07) is 1.45. The van der Waals surface area contributed by atoms with E-state index >= 15 is 0 Å². The van der Waals surface area contributed by atoms with E-state index < -0.39 is 0 Å². The van der Waals surface area contributed by atoms with Crippen molar-refractivity contribution in [1.29, 1.82) is 0 Å². The molecule has 2 fully saturated rings. The van der Waals surface area contributed by atoms with Crippen molar-refractivity contribution < 1.29 is 4.74 Å². The summed E-state index contributed by atoms with van der Waals surface area (Å²) in [5.41, 5.74) is 0. The van der Waals surface area contributed by atoms with Crippen LogP contribution < -0.4 is 5.32 Å². The van der Waals surface area contributed by atoms with Crippen molar-refractivity contribution in [3.05, 3.63) is 0 Å². The molecule has 100 valence electrons. The van der Waals surface area contributed by atoms with Gasteiger partial charge in [-0.2, -0.15) is 0 Å². The van der Waals surface area contributed by atoms with Crippen LogP contribution in [0.15, 0.2) is 0 Å². The van der Waals surface area contributed by atoms with E-state index in [4.69, 9.17) is 4.74 Å². The minimum Gasteiger partial charge on any atom is -0.378 e. The Kier molecular flexibility index (Phi) is 5.26. The lowest BCUT2D eigenvalue weighted by Gasteiger charge is -2.35. The highest BCUT2D eigenvalue weighted by Crippen LogP contribution is 2.16. The van der Waals surface area contributed by atoms with Gasteiger partial charge in [-0.1, -0.05) is 0 Å². The van der Waals surface area contributed by atoms with Crippen LogP contribution in [0.5, 0.6) is 0 Å². The monoisotopic (exact) mass is 240 g/mol. The molecule has 0 aliphatic carbocycles. The van der Waals surface area contributed by atoms with E-state index in [-0.39, 0.29) is 0 Å². The smallest absolute Gasteiger partial charge is 0.0588 e. The summed E-state index contributed by atoms with van der Waals surface area (Å²) < 4.78 is 5.64. The molecule has 2 saturated heterocycles. The molecule has 2 rings (SSSR count). The number of nitrogens with one attached hydrogen (secondary N) is 1. The van der Waals surface area contributed by atoms with Crippen LogP contribution in [0.2, 0.25) is 0 Å². The van der Waals surface area contributed by atoms with Crippen molar-refractivity contribution >= 4 is 0 Å². The van der Waals surface area contributed by atoms with Crippen molar-refractivity contribution in [2.75, 3.05) is 26.2 Å². The largest absolute Gasteiger partial charge is 0.378 e. The Morgan fingerprint density at radius 2 is 2.00 bits per heavy atom. The van der Waals surface area contributed by atoms with E-state index in [9.17, 15) is 0 Å². The predicted molar refractivity (Wildman–Crippen MR) is 71.3 cm³/mol. The molecular formula is C14H28N2O. The molecule has 1 atom stereocenters. The molecule has 0 spiro atoms. The van der Waals surface area contributed by atoms with E-state index in [0.717, 1.165) is 19.2 Å². The number of likely N-dealkylation sites (tertiary alicyclic amines) is 1. The SMILES string of the molecule is CC(C)N1CCC(NCCC2CCCO2)CC1. The Morgan fingerprint density at radius 1 is 1.24 bits per heavy atom. The Hall–Kier alpha value is -0.120. The highest BCUT2D eigenvalue weighted by molar-refractivity contribution is 4.79. The summed E-state index contributed by atoms with van der Waals surface area (Å²) in [6.07, 6.45) is 6.89. The van der Waals surface area contributed by atoms with Crippen LogP contribution in [0.1, 0.15) is 46.0 Å². The fourth-order valence-corrected chi connectivity index (χ4v) is 2.94. The minimum absolute atomic E-state index is 0.540. The molecule has 0 radical (unpaired) electrons.